The molecular weight excluding hydrogens is 380 g/mol. The van der Waals surface area contributed by atoms with E-state index in [-0.39, 0.29) is 16.3 Å². The standard InChI is InChI=1S/C16H13ClN4O4S/c17-13-6-4-12(5-7-13)10-20-11-14(9-18-20)19-26(24,25)16-3-1-2-15(8-16)21(22)23/h1-9,11,19H,10H2. The van der Waals surface area contributed by atoms with E-state index in [0.29, 0.717) is 11.6 Å². The van der Waals surface area contributed by atoms with E-state index in [1.54, 1.807) is 16.8 Å². The zero-order chi connectivity index (χ0) is 18.7. The molecule has 0 aliphatic rings. The van der Waals surface area contributed by atoms with Gasteiger partial charge in [0.2, 0.25) is 0 Å². The van der Waals surface area contributed by atoms with E-state index in [4.69, 9.17) is 11.6 Å². The maximum Gasteiger partial charge on any atom is 0.270 e. The number of sulfonamides is 1. The Labute approximate surface area is 154 Å². The van der Waals surface area contributed by atoms with Crippen LogP contribution in [0.2, 0.25) is 5.02 Å². The highest BCUT2D eigenvalue weighted by Gasteiger charge is 2.18. The van der Waals surface area contributed by atoms with E-state index in [1.165, 1.54) is 30.6 Å². The van der Waals surface area contributed by atoms with Gasteiger partial charge >= 0.3 is 0 Å². The van der Waals surface area contributed by atoms with Gasteiger partial charge in [-0.15, -0.1) is 0 Å². The Kier molecular flexibility index (Phi) is 4.92. The van der Waals surface area contributed by atoms with Crippen molar-refractivity contribution in [2.24, 2.45) is 0 Å². The lowest BCUT2D eigenvalue weighted by Crippen LogP contribution is -2.12. The second-order valence-electron chi connectivity index (χ2n) is 5.41. The van der Waals surface area contributed by atoms with Crippen LogP contribution in [-0.4, -0.2) is 23.1 Å². The third-order valence-electron chi connectivity index (χ3n) is 3.48. The molecule has 3 rings (SSSR count). The molecule has 2 aromatic carbocycles. The van der Waals surface area contributed by atoms with Gasteiger partial charge < -0.3 is 0 Å². The van der Waals surface area contributed by atoms with Crippen molar-refractivity contribution in [3.63, 3.8) is 0 Å². The molecule has 0 aliphatic heterocycles. The SMILES string of the molecule is O=[N+]([O-])c1cccc(S(=O)(=O)Nc2cnn(Cc3ccc(Cl)cc3)c2)c1. The zero-order valence-corrected chi connectivity index (χ0v) is 14.8. The molecule has 3 aromatic rings. The molecule has 1 aromatic heterocycles. The number of nitrogens with one attached hydrogen (secondary N) is 1. The average Bonchev–Trinajstić information content (AvgIpc) is 3.03. The van der Waals surface area contributed by atoms with Crippen LogP contribution in [0.25, 0.3) is 0 Å². The van der Waals surface area contributed by atoms with Gasteiger partial charge in [0.25, 0.3) is 15.7 Å². The van der Waals surface area contributed by atoms with Gasteiger partial charge in [0.05, 0.1) is 28.2 Å². The topological polar surface area (TPSA) is 107 Å². The first-order valence-corrected chi connectivity index (χ1v) is 9.24. The first-order valence-electron chi connectivity index (χ1n) is 7.38. The van der Waals surface area contributed by atoms with E-state index in [0.717, 1.165) is 11.6 Å². The highest BCUT2D eigenvalue weighted by atomic mass is 35.5. The maximum atomic E-state index is 12.4. The Morgan fingerprint density at radius 3 is 2.62 bits per heavy atom. The normalized spacial score (nSPS) is 11.3. The minimum absolute atomic E-state index is 0.197. The van der Waals surface area contributed by atoms with Gasteiger partial charge in [-0.1, -0.05) is 29.8 Å². The van der Waals surface area contributed by atoms with E-state index >= 15 is 0 Å². The summed E-state index contributed by atoms with van der Waals surface area (Å²) >= 11 is 5.84. The van der Waals surface area contributed by atoms with Crippen LogP contribution in [0.15, 0.2) is 65.8 Å². The molecule has 26 heavy (non-hydrogen) atoms. The molecule has 1 N–H and O–H groups in total. The van der Waals surface area contributed by atoms with Crippen molar-refractivity contribution in [2.75, 3.05) is 4.72 Å². The van der Waals surface area contributed by atoms with Crippen molar-refractivity contribution in [1.29, 1.82) is 0 Å². The first-order chi connectivity index (χ1) is 12.3. The fourth-order valence-electron chi connectivity index (χ4n) is 2.26. The van der Waals surface area contributed by atoms with Gasteiger partial charge in [-0.3, -0.25) is 19.5 Å². The minimum Gasteiger partial charge on any atom is -0.276 e. The number of benzene rings is 2. The summed E-state index contributed by atoms with van der Waals surface area (Å²) < 4.78 is 28.7. The van der Waals surface area contributed by atoms with Gasteiger partial charge in [-0.2, -0.15) is 5.10 Å². The molecule has 0 bridgehead atoms. The van der Waals surface area contributed by atoms with Crippen molar-refractivity contribution in [1.82, 2.24) is 9.78 Å². The van der Waals surface area contributed by atoms with Crippen LogP contribution in [0.4, 0.5) is 11.4 Å². The molecule has 0 amide bonds. The summed E-state index contributed by atoms with van der Waals surface area (Å²) in [6, 6.07) is 12.0. The van der Waals surface area contributed by atoms with Crippen molar-refractivity contribution in [2.45, 2.75) is 11.4 Å². The lowest BCUT2D eigenvalue weighted by atomic mass is 10.2. The number of non-ortho nitro benzene ring substituents is 1. The molecular formula is C16H13ClN4O4S. The molecule has 0 saturated heterocycles. The Balaban J connectivity index is 1.76. The van der Waals surface area contributed by atoms with Gasteiger partial charge in [-0.05, 0) is 23.8 Å². The van der Waals surface area contributed by atoms with Crippen LogP contribution < -0.4 is 4.72 Å². The predicted octanol–water partition coefficient (Wildman–Crippen LogP) is 3.29. The molecule has 0 unspecified atom stereocenters. The van der Waals surface area contributed by atoms with Gasteiger partial charge in [0, 0.05) is 23.4 Å². The average molecular weight is 393 g/mol. The smallest absolute Gasteiger partial charge is 0.270 e. The molecule has 134 valence electrons. The summed E-state index contributed by atoms with van der Waals surface area (Å²) in [6.45, 7) is 0.440. The molecule has 0 saturated carbocycles. The van der Waals surface area contributed by atoms with E-state index < -0.39 is 14.9 Å². The second kappa shape index (κ2) is 7.14. The molecule has 0 atom stereocenters. The van der Waals surface area contributed by atoms with Crippen molar-refractivity contribution < 1.29 is 13.3 Å². The summed E-state index contributed by atoms with van der Waals surface area (Å²) in [7, 11) is -3.96. The molecule has 0 radical (unpaired) electrons. The molecule has 8 nitrogen and oxygen atoms in total. The summed E-state index contributed by atoms with van der Waals surface area (Å²) in [6.07, 6.45) is 2.90. The number of hydrogen-bond donors (Lipinski definition) is 1. The third kappa shape index (κ3) is 4.19. The monoisotopic (exact) mass is 392 g/mol. The van der Waals surface area contributed by atoms with Crippen LogP contribution in [0.1, 0.15) is 5.56 Å². The minimum atomic E-state index is -3.96. The van der Waals surface area contributed by atoms with Gasteiger partial charge in [0.1, 0.15) is 0 Å². The Morgan fingerprint density at radius 1 is 1.19 bits per heavy atom. The van der Waals surface area contributed by atoms with E-state index in [1.807, 2.05) is 12.1 Å². The summed E-state index contributed by atoms with van der Waals surface area (Å²) in [5, 5.41) is 15.5. The first kappa shape index (κ1) is 17.9. The summed E-state index contributed by atoms with van der Waals surface area (Å²) in [4.78, 5) is 9.96. The molecule has 0 aliphatic carbocycles. The van der Waals surface area contributed by atoms with Crippen LogP contribution in [0.3, 0.4) is 0 Å². The maximum absolute atomic E-state index is 12.4. The fraction of sp³-hybridized carbons (Fsp3) is 0.0625. The largest absolute Gasteiger partial charge is 0.276 e. The number of aromatic nitrogens is 2. The molecule has 0 spiro atoms. The highest BCUT2D eigenvalue weighted by Crippen LogP contribution is 2.20. The van der Waals surface area contributed by atoms with Crippen LogP contribution in [-0.2, 0) is 16.6 Å². The Morgan fingerprint density at radius 2 is 1.92 bits per heavy atom. The van der Waals surface area contributed by atoms with Crippen LogP contribution in [0.5, 0.6) is 0 Å². The highest BCUT2D eigenvalue weighted by molar-refractivity contribution is 7.92. The number of hydrogen-bond acceptors (Lipinski definition) is 5. The Bertz CT molecular complexity index is 1050. The van der Waals surface area contributed by atoms with Crippen molar-refractivity contribution >= 4 is 33.0 Å². The molecule has 10 heteroatoms. The number of rotatable bonds is 6. The van der Waals surface area contributed by atoms with Crippen molar-refractivity contribution in [3.8, 4) is 0 Å². The predicted molar refractivity (Wildman–Crippen MR) is 96.7 cm³/mol. The number of halogens is 1. The number of anilines is 1. The fourth-order valence-corrected chi connectivity index (χ4v) is 3.45. The number of nitro groups is 1. The van der Waals surface area contributed by atoms with Crippen LogP contribution in [0, 0.1) is 10.1 Å². The van der Waals surface area contributed by atoms with E-state index in [9.17, 15) is 18.5 Å². The van der Waals surface area contributed by atoms with Crippen LogP contribution >= 0.6 is 11.6 Å². The number of nitrogens with zero attached hydrogens (tertiary/aromatic N) is 3. The lowest BCUT2D eigenvalue weighted by Gasteiger charge is -2.05. The number of nitro benzene ring substituents is 1. The van der Waals surface area contributed by atoms with Crippen molar-refractivity contribution in [3.05, 3.63) is 81.6 Å². The lowest BCUT2D eigenvalue weighted by molar-refractivity contribution is -0.385. The second-order valence-corrected chi connectivity index (χ2v) is 7.53. The Hall–Kier alpha value is -2.91. The molecule has 0 fully saturated rings. The third-order valence-corrected chi connectivity index (χ3v) is 5.11. The molecule has 1 heterocycles. The zero-order valence-electron chi connectivity index (χ0n) is 13.2. The quantitative estimate of drug-likeness (QED) is 0.511. The summed E-state index contributed by atoms with van der Waals surface area (Å²) in [5.41, 5.74) is 0.905. The van der Waals surface area contributed by atoms with E-state index in [2.05, 4.69) is 9.82 Å². The van der Waals surface area contributed by atoms with Gasteiger partial charge in [0.15, 0.2) is 0 Å². The summed E-state index contributed by atoms with van der Waals surface area (Å²) in [5.74, 6) is 0. The van der Waals surface area contributed by atoms with Gasteiger partial charge in [-0.25, -0.2) is 8.42 Å².